The molecule has 2 saturated carbocycles. The first-order valence-electron chi connectivity index (χ1n) is 7.71. The van der Waals surface area contributed by atoms with Gasteiger partial charge in [0.25, 0.3) is 0 Å². The largest absolute Gasteiger partial charge is 0.378 e. The predicted molar refractivity (Wildman–Crippen MR) is 77.4 cm³/mol. The molecule has 2 rings (SSSR count). The van der Waals surface area contributed by atoms with Gasteiger partial charge in [-0.2, -0.15) is 0 Å². The molecule has 0 bridgehead atoms. The van der Waals surface area contributed by atoms with Crippen LogP contribution in [0.1, 0.15) is 51.9 Å². The van der Waals surface area contributed by atoms with Gasteiger partial charge in [0, 0.05) is 31.5 Å². The zero-order valence-electron chi connectivity index (χ0n) is 11.9. The zero-order chi connectivity index (χ0) is 13.7. The minimum Gasteiger partial charge on any atom is -0.378 e. The number of ether oxygens (including phenoxy) is 1. The fraction of sp³-hybridized carbons (Fsp3) is 0.933. The molecule has 0 saturated heterocycles. The Labute approximate surface area is 121 Å². The summed E-state index contributed by atoms with van der Waals surface area (Å²) in [5, 5.41) is 0. The van der Waals surface area contributed by atoms with Crippen LogP contribution < -0.4 is 0 Å². The highest BCUT2D eigenvalue weighted by molar-refractivity contribution is 6.18. The van der Waals surface area contributed by atoms with Crippen LogP contribution in [0.5, 0.6) is 0 Å². The molecular weight excluding hydrogens is 262 g/mol. The van der Waals surface area contributed by atoms with Crippen LogP contribution in [0.25, 0.3) is 0 Å². The minimum absolute atomic E-state index is 0.312. The number of alkyl halides is 1. The van der Waals surface area contributed by atoms with Crippen molar-refractivity contribution in [2.75, 3.05) is 19.0 Å². The standard InChI is InChI=1S/C15H26ClNO2/c1-2-19-14-9-12(10-14)11-15(18)17(8-7-16)13-5-3-4-6-13/h12-14H,2-11H2,1H3. The van der Waals surface area contributed by atoms with Gasteiger partial charge < -0.3 is 9.64 Å². The van der Waals surface area contributed by atoms with Crippen LogP contribution in [-0.4, -0.2) is 42.0 Å². The Hall–Kier alpha value is -0.280. The summed E-state index contributed by atoms with van der Waals surface area (Å²) in [4.78, 5) is 14.5. The van der Waals surface area contributed by atoms with E-state index in [0.29, 0.717) is 42.8 Å². The minimum atomic E-state index is 0.312. The highest BCUT2D eigenvalue weighted by Gasteiger charge is 2.34. The Bertz CT molecular complexity index is 286. The topological polar surface area (TPSA) is 29.5 Å². The summed E-state index contributed by atoms with van der Waals surface area (Å²) >= 11 is 5.85. The number of carbonyl (C=O) groups excluding carboxylic acids is 1. The molecule has 0 heterocycles. The lowest BCUT2D eigenvalue weighted by Gasteiger charge is -2.37. The van der Waals surface area contributed by atoms with Crippen LogP contribution in [-0.2, 0) is 9.53 Å². The van der Waals surface area contributed by atoms with E-state index in [1.165, 1.54) is 12.8 Å². The van der Waals surface area contributed by atoms with Gasteiger partial charge in [-0.05, 0) is 38.5 Å². The predicted octanol–water partition coefficient (Wildman–Crippen LogP) is 3.20. The van der Waals surface area contributed by atoms with Crippen LogP contribution in [0.2, 0.25) is 0 Å². The number of amides is 1. The third-order valence-electron chi connectivity index (χ3n) is 4.47. The van der Waals surface area contributed by atoms with Gasteiger partial charge in [-0.3, -0.25) is 4.79 Å². The number of rotatable bonds is 7. The van der Waals surface area contributed by atoms with Crippen molar-refractivity contribution in [1.29, 1.82) is 0 Å². The van der Waals surface area contributed by atoms with Gasteiger partial charge in [0.2, 0.25) is 5.91 Å². The fourth-order valence-electron chi connectivity index (χ4n) is 3.40. The molecule has 0 spiro atoms. The molecule has 2 aliphatic carbocycles. The van der Waals surface area contributed by atoms with Crippen LogP contribution in [0.3, 0.4) is 0 Å². The van der Waals surface area contributed by atoms with Crippen molar-refractivity contribution in [3.8, 4) is 0 Å². The van der Waals surface area contributed by atoms with E-state index in [1.807, 2.05) is 11.8 Å². The first-order chi connectivity index (χ1) is 9.24. The molecule has 0 aromatic rings. The van der Waals surface area contributed by atoms with Crippen molar-refractivity contribution in [3.63, 3.8) is 0 Å². The molecule has 0 aromatic carbocycles. The smallest absolute Gasteiger partial charge is 0.223 e. The molecule has 0 unspecified atom stereocenters. The quantitative estimate of drug-likeness (QED) is 0.673. The van der Waals surface area contributed by atoms with E-state index in [2.05, 4.69) is 0 Å². The molecule has 0 aromatic heterocycles. The second kappa shape index (κ2) is 7.49. The highest BCUT2D eigenvalue weighted by atomic mass is 35.5. The summed E-state index contributed by atoms with van der Waals surface area (Å²) < 4.78 is 5.55. The van der Waals surface area contributed by atoms with E-state index in [4.69, 9.17) is 16.3 Å². The molecule has 19 heavy (non-hydrogen) atoms. The molecular formula is C15H26ClNO2. The molecule has 2 aliphatic rings. The van der Waals surface area contributed by atoms with Crippen molar-refractivity contribution < 1.29 is 9.53 Å². The Kier molecular flexibility index (Phi) is 5.96. The van der Waals surface area contributed by atoms with Crippen molar-refractivity contribution in [3.05, 3.63) is 0 Å². The summed E-state index contributed by atoms with van der Waals surface area (Å²) in [7, 11) is 0. The van der Waals surface area contributed by atoms with Crippen molar-refractivity contribution in [1.82, 2.24) is 4.90 Å². The van der Waals surface area contributed by atoms with Crippen LogP contribution in [0.4, 0.5) is 0 Å². The van der Waals surface area contributed by atoms with Crippen LogP contribution in [0.15, 0.2) is 0 Å². The molecule has 3 nitrogen and oxygen atoms in total. The van der Waals surface area contributed by atoms with E-state index in [-0.39, 0.29) is 0 Å². The van der Waals surface area contributed by atoms with Crippen molar-refractivity contribution >= 4 is 17.5 Å². The van der Waals surface area contributed by atoms with E-state index in [1.54, 1.807) is 0 Å². The van der Waals surface area contributed by atoms with E-state index < -0.39 is 0 Å². The molecule has 0 aliphatic heterocycles. The Morgan fingerprint density at radius 3 is 2.58 bits per heavy atom. The molecule has 110 valence electrons. The summed E-state index contributed by atoms with van der Waals surface area (Å²) in [5.74, 6) is 1.39. The third-order valence-corrected chi connectivity index (χ3v) is 4.64. The molecule has 4 heteroatoms. The molecule has 0 N–H and O–H groups in total. The van der Waals surface area contributed by atoms with Crippen LogP contribution in [0, 0.1) is 5.92 Å². The van der Waals surface area contributed by atoms with Gasteiger partial charge in [0.1, 0.15) is 0 Å². The van der Waals surface area contributed by atoms with E-state index >= 15 is 0 Å². The number of nitrogens with zero attached hydrogens (tertiary/aromatic N) is 1. The summed E-state index contributed by atoms with van der Waals surface area (Å²) in [6.45, 7) is 3.53. The second-order valence-corrected chi connectivity index (χ2v) is 6.21. The first kappa shape index (κ1) is 15.1. The van der Waals surface area contributed by atoms with E-state index in [9.17, 15) is 4.79 Å². The number of hydrogen-bond donors (Lipinski definition) is 0. The van der Waals surface area contributed by atoms with Crippen LogP contribution >= 0.6 is 11.6 Å². The second-order valence-electron chi connectivity index (χ2n) is 5.83. The van der Waals surface area contributed by atoms with Gasteiger partial charge in [-0.25, -0.2) is 0 Å². The average Bonchev–Trinajstić information content (AvgIpc) is 2.86. The number of carbonyl (C=O) groups is 1. The lowest BCUT2D eigenvalue weighted by Crippen LogP contribution is -2.43. The maximum Gasteiger partial charge on any atom is 0.223 e. The monoisotopic (exact) mass is 287 g/mol. The van der Waals surface area contributed by atoms with Gasteiger partial charge in [-0.1, -0.05) is 12.8 Å². The summed E-state index contributed by atoms with van der Waals surface area (Å²) in [5.41, 5.74) is 0. The lowest BCUT2D eigenvalue weighted by molar-refractivity contribution is -0.136. The van der Waals surface area contributed by atoms with Gasteiger partial charge >= 0.3 is 0 Å². The van der Waals surface area contributed by atoms with Gasteiger partial charge in [-0.15, -0.1) is 11.6 Å². The lowest BCUT2D eigenvalue weighted by atomic mass is 9.79. The van der Waals surface area contributed by atoms with Crippen molar-refractivity contribution in [2.45, 2.75) is 64.0 Å². The zero-order valence-corrected chi connectivity index (χ0v) is 12.7. The molecule has 2 fully saturated rings. The maximum absolute atomic E-state index is 12.4. The average molecular weight is 288 g/mol. The SMILES string of the molecule is CCOC1CC(CC(=O)N(CCCl)C2CCCC2)C1. The van der Waals surface area contributed by atoms with E-state index in [0.717, 1.165) is 32.3 Å². The molecule has 0 atom stereocenters. The molecule has 0 radical (unpaired) electrons. The fourth-order valence-corrected chi connectivity index (χ4v) is 3.58. The molecule has 1 amide bonds. The van der Waals surface area contributed by atoms with Crippen molar-refractivity contribution in [2.24, 2.45) is 5.92 Å². The summed E-state index contributed by atoms with van der Waals surface area (Å²) in [6, 6.07) is 0.453. The maximum atomic E-state index is 12.4. The van der Waals surface area contributed by atoms with Gasteiger partial charge in [0.15, 0.2) is 0 Å². The summed E-state index contributed by atoms with van der Waals surface area (Å²) in [6.07, 6.45) is 8.04. The first-order valence-corrected chi connectivity index (χ1v) is 8.25. The normalized spacial score (nSPS) is 27.3. The third kappa shape index (κ3) is 4.09. The number of halogens is 1. The highest BCUT2D eigenvalue weighted by Crippen LogP contribution is 2.34. The Morgan fingerprint density at radius 1 is 1.32 bits per heavy atom. The Balaban J connectivity index is 1.76. The van der Waals surface area contributed by atoms with Gasteiger partial charge in [0.05, 0.1) is 6.10 Å². The number of hydrogen-bond acceptors (Lipinski definition) is 2. The Morgan fingerprint density at radius 2 is 2.00 bits per heavy atom.